The first-order valence-corrected chi connectivity index (χ1v) is 9.88. The minimum Gasteiger partial charge on any atom is -0.483 e. The Bertz CT molecular complexity index is 1070. The van der Waals surface area contributed by atoms with Crippen LogP contribution in [0.5, 0.6) is 5.75 Å². The number of nitriles is 1. The van der Waals surface area contributed by atoms with Crippen LogP contribution < -0.4 is 10.1 Å². The predicted molar refractivity (Wildman–Crippen MR) is 111 cm³/mol. The van der Waals surface area contributed by atoms with Crippen LogP contribution in [0.25, 0.3) is 6.08 Å². The van der Waals surface area contributed by atoms with E-state index < -0.39 is 28.9 Å². The Balaban J connectivity index is 1.77. The monoisotopic (exact) mass is 443 g/mol. The van der Waals surface area contributed by atoms with Crippen molar-refractivity contribution in [3.63, 3.8) is 0 Å². The lowest BCUT2D eigenvalue weighted by Crippen LogP contribution is -2.32. The second-order valence-corrected chi connectivity index (χ2v) is 7.08. The third-order valence-corrected chi connectivity index (χ3v) is 4.87. The van der Waals surface area contributed by atoms with Gasteiger partial charge in [0, 0.05) is 18.7 Å². The maximum absolute atomic E-state index is 13.2. The van der Waals surface area contributed by atoms with E-state index >= 15 is 0 Å². The highest BCUT2D eigenvalue weighted by molar-refractivity contribution is 6.10. The molecule has 0 saturated carbocycles. The van der Waals surface area contributed by atoms with Crippen molar-refractivity contribution in [2.75, 3.05) is 25.0 Å². The van der Waals surface area contributed by atoms with Crippen molar-refractivity contribution < 1.29 is 27.5 Å². The summed E-state index contributed by atoms with van der Waals surface area (Å²) in [5.74, 6) is -0.883. The Kier molecular flexibility index (Phi) is 7.15. The number of hydrogen-bond donors (Lipinski definition) is 1. The molecule has 1 fully saturated rings. The van der Waals surface area contributed by atoms with Crippen molar-refractivity contribution in [2.45, 2.75) is 19.0 Å². The first kappa shape index (κ1) is 22.9. The van der Waals surface area contributed by atoms with E-state index in [4.69, 9.17) is 4.74 Å². The van der Waals surface area contributed by atoms with Crippen LogP contribution in [0.4, 0.5) is 18.9 Å². The number of hydrogen-bond acceptors (Lipinski definition) is 4. The second-order valence-electron chi connectivity index (χ2n) is 7.08. The van der Waals surface area contributed by atoms with Gasteiger partial charge in [0.2, 0.25) is 0 Å². The van der Waals surface area contributed by atoms with Crippen molar-refractivity contribution in [3.05, 3.63) is 65.2 Å². The number of carbonyl (C=O) groups is 2. The molecule has 1 heterocycles. The molecule has 166 valence electrons. The summed E-state index contributed by atoms with van der Waals surface area (Å²) in [6, 6.07) is 12.7. The van der Waals surface area contributed by atoms with Gasteiger partial charge in [-0.3, -0.25) is 9.59 Å². The van der Waals surface area contributed by atoms with Crippen molar-refractivity contribution in [1.82, 2.24) is 4.90 Å². The van der Waals surface area contributed by atoms with Gasteiger partial charge < -0.3 is 15.0 Å². The highest BCUT2D eigenvalue weighted by Gasteiger charge is 2.33. The summed E-state index contributed by atoms with van der Waals surface area (Å²) >= 11 is 0. The van der Waals surface area contributed by atoms with E-state index in [1.165, 1.54) is 18.2 Å². The lowest BCUT2D eigenvalue weighted by Gasteiger charge is -2.16. The minimum atomic E-state index is -4.66. The van der Waals surface area contributed by atoms with Gasteiger partial charge in [0.15, 0.2) is 6.61 Å². The average molecular weight is 443 g/mol. The fourth-order valence-corrected chi connectivity index (χ4v) is 3.26. The predicted octanol–water partition coefficient (Wildman–Crippen LogP) is 4.25. The van der Waals surface area contributed by atoms with Crippen LogP contribution in [0.3, 0.4) is 0 Å². The number of carbonyl (C=O) groups excluding carboxylic acids is 2. The van der Waals surface area contributed by atoms with E-state index in [9.17, 15) is 28.0 Å². The quantitative estimate of drug-likeness (QED) is 0.535. The van der Waals surface area contributed by atoms with Gasteiger partial charge in [-0.1, -0.05) is 30.3 Å². The maximum atomic E-state index is 13.2. The van der Waals surface area contributed by atoms with Crippen LogP contribution in [-0.2, 0) is 15.8 Å². The third-order valence-electron chi connectivity index (χ3n) is 4.87. The zero-order valence-corrected chi connectivity index (χ0v) is 17.0. The largest absolute Gasteiger partial charge is 0.483 e. The average Bonchev–Trinajstić information content (AvgIpc) is 3.31. The molecule has 3 rings (SSSR count). The highest BCUT2D eigenvalue weighted by Crippen LogP contribution is 2.34. The molecule has 2 aromatic carbocycles. The smallest absolute Gasteiger partial charge is 0.418 e. The molecular weight excluding hydrogens is 423 g/mol. The molecule has 6 nitrogen and oxygen atoms in total. The van der Waals surface area contributed by atoms with Crippen molar-refractivity contribution >= 4 is 23.6 Å². The molecule has 1 aliphatic heterocycles. The van der Waals surface area contributed by atoms with Gasteiger partial charge >= 0.3 is 6.18 Å². The van der Waals surface area contributed by atoms with Crippen LogP contribution >= 0.6 is 0 Å². The summed E-state index contributed by atoms with van der Waals surface area (Å²) in [4.78, 5) is 26.4. The fraction of sp³-hybridized carbons (Fsp3) is 0.261. The Labute approximate surface area is 182 Å². The van der Waals surface area contributed by atoms with Gasteiger partial charge in [0.25, 0.3) is 11.8 Å². The number of nitrogens with zero attached hydrogens (tertiary/aromatic N) is 2. The number of amides is 2. The van der Waals surface area contributed by atoms with E-state index in [0.29, 0.717) is 18.7 Å². The molecule has 0 aliphatic carbocycles. The van der Waals surface area contributed by atoms with Gasteiger partial charge in [0.1, 0.15) is 17.4 Å². The van der Waals surface area contributed by atoms with Crippen LogP contribution in [0, 0.1) is 11.3 Å². The van der Waals surface area contributed by atoms with Crippen molar-refractivity contribution in [2.24, 2.45) is 0 Å². The summed E-state index contributed by atoms with van der Waals surface area (Å²) in [5, 5.41) is 11.6. The molecule has 0 atom stereocenters. The van der Waals surface area contributed by atoms with Crippen LogP contribution in [-0.4, -0.2) is 36.4 Å². The lowest BCUT2D eigenvalue weighted by atomic mass is 10.1. The topological polar surface area (TPSA) is 82.4 Å². The van der Waals surface area contributed by atoms with Gasteiger partial charge in [0.05, 0.1) is 11.3 Å². The molecule has 0 bridgehead atoms. The molecular formula is C23H20F3N3O3. The van der Waals surface area contributed by atoms with Crippen LogP contribution in [0.1, 0.15) is 24.0 Å². The number of nitrogens with one attached hydrogen (secondary N) is 1. The zero-order chi connectivity index (χ0) is 23.1. The third kappa shape index (κ3) is 5.66. The molecule has 1 aliphatic rings. The second kappa shape index (κ2) is 10.0. The molecule has 2 aromatic rings. The Morgan fingerprint density at radius 3 is 2.44 bits per heavy atom. The number of ether oxygens (including phenoxy) is 1. The first-order chi connectivity index (χ1) is 15.3. The standard InChI is InChI=1S/C23H20F3N3O3/c24-23(25,26)18-8-2-3-9-19(18)28-22(31)17(14-27)13-16-7-1-4-10-20(16)32-15-21(30)29-11-5-6-12-29/h1-4,7-10,13H,5-6,11-12,15H2,(H,28,31)/b17-13+. The number of rotatable bonds is 6. The van der Waals surface area contributed by atoms with E-state index in [-0.39, 0.29) is 18.3 Å². The number of likely N-dealkylation sites (tertiary alicyclic amines) is 1. The van der Waals surface area contributed by atoms with E-state index in [1.807, 2.05) is 0 Å². The van der Waals surface area contributed by atoms with Gasteiger partial charge in [-0.15, -0.1) is 0 Å². The van der Waals surface area contributed by atoms with E-state index in [1.54, 1.807) is 35.2 Å². The molecule has 0 unspecified atom stereocenters. The number of anilines is 1. The van der Waals surface area contributed by atoms with Gasteiger partial charge in [-0.25, -0.2) is 0 Å². The van der Waals surface area contributed by atoms with E-state index in [2.05, 4.69) is 5.32 Å². The molecule has 32 heavy (non-hydrogen) atoms. The zero-order valence-electron chi connectivity index (χ0n) is 17.0. The lowest BCUT2D eigenvalue weighted by molar-refractivity contribution is -0.137. The molecule has 2 amide bonds. The molecule has 0 aromatic heterocycles. The fourth-order valence-electron chi connectivity index (χ4n) is 3.26. The number of benzene rings is 2. The minimum absolute atomic E-state index is 0.164. The van der Waals surface area contributed by atoms with Crippen LogP contribution in [0.2, 0.25) is 0 Å². The number of alkyl halides is 3. The Morgan fingerprint density at radius 2 is 1.75 bits per heavy atom. The molecule has 9 heteroatoms. The van der Waals surface area contributed by atoms with Gasteiger partial charge in [-0.2, -0.15) is 18.4 Å². The summed E-state index contributed by atoms with van der Waals surface area (Å²) in [6.45, 7) is 1.17. The maximum Gasteiger partial charge on any atom is 0.418 e. The number of para-hydroxylation sites is 2. The summed E-state index contributed by atoms with van der Waals surface area (Å²) in [7, 11) is 0. The Morgan fingerprint density at radius 1 is 1.09 bits per heavy atom. The van der Waals surface area contributed by atoms with Crippen molar-refractivity contribution in [3.8, 4) is 11.8 Å². The molecule has 0 radical (unpaired) electrons. The summed E-state index contributed by atoms with van der Waals surface area (Å²) in [5.41, 5.74) is -1.54. The summed E-state index contributed by atoms with van der Waals surface area (Å²) < 4.78 is 45.1. The van der Waals surface area contributed by atoms with Crippen LogP contribution in [0.15, 0.2) is 54.1 Å². The summed E-state index contributed by atoms with van der Waals surface area (Å²) in [6.07, 6.45) is -1.56. The SMILES string of the molecule is N#C/C(=C\c1ccccc1OCC(=O)N1CCCC1)C(=O)Nc1ccccc1C(F)(F)F. The highest BCUT2D eigenvalue weighted by atomic mass is 19.4. The van der Waals surface area contributed by atoms with Gasteiger partial charge in [-0.05, 0) is 37.1 Å². The molecule has 1 N–H and O–H groups in total. The first-order valence-electron chi connectivity index (χ1n) is 9.88. The molecule has 0 spiro atoms. The van der Waals surface area contributed by atoms with E-state index in [0.717, 1.165) is 25.0 Å². The number of halogens is 3. The Hall–Kier alpha value is -3.80. The molecule has 1 saturated heterocycles. The normalized spacial score (nSPS) is 14.1. The van der Waals surface area contributed by atoms with Crippen molar-refractivity contribution in [1.29, 1.82) is 5.26 Å².